The lowest BCUT2D eigenvalue weighted by molar-refractivity contribution is 0.235. The Morgan fingerprint density at radius 1 is 1.31 bits per heavy atom. The van der Waals surface area contributed by atoms with Gasteiger partial charge in [0.15, 0.2) is 5.11 Å². The molecule has 0 unspecified atom stereocenters. The van der Waals surface area contributed by atoms with Crippen LogP contribution >= 0.6 is 12.2 Å². The number of aromatic nitrogens is 1. The van der Waals surface area contributed by atoms with Crippen molar-refractivity contribution in [2.24, 2.45) is 0 Å². The summed E-state index contributed by atoms with van der Waals surface area (Å²) in [5, 5.41) is 4.77. The van der Waals surface area contributed by atoms with Gasteiger partial charge in [-0.1, -0.05) is 19.3 Å². The number of aromatic amines is 1. The molecule has 1 aromatic heterocycles. The molecule has 0 bridgehead atoms. The first-order valence-corrected chi connectivity index (χ1v) is 9.80. The Morgan fingerprint density at radius 3 is 2.77 bits per heavy atom. The van der Waals surface area contributed by atoms with Gasteiger partial charge in [0.25, 0.3) is 5.56 Å². The van der Waals surface area contributed by atoms with Gasteiger partial charge < -0.3 is 19.9 Å². The number of thiocarbonyl (C=S) groups is 1. The van der Waals surface area contributed by atoms with E-state index in [-0.39, 0.29) is 5.56 Å². The van der Waals surface area contributed by atoms with Gasteiger partial charge in [-0.3, -0.25) is 4.79 Å². The monoisotopic (exact) mass is 373 g/mol. The first-order valence-electron chi connectivity index (χ1n) is 9.39. The van der Waals surface area contributed by atoms with Crippen LogP contribution in [0.25, 0.3) is 10.9 Å². The molecule has 0 aliphatic heterocycles. The number of nitrogens with zero attached hydrogens (tertiary/aromatic N) is 1. The summed E-state index contributed by atoms with van der Waals surface area (Å²) in [5.74, 6) is 0.813. The zero-order chi connectivity index (χ0) is 18.5. The molecule has 1 fully saturated rings. The molecule has 140 valence electrons. The second kappa shape index (κ2) is 8.54. The lowest BCUT2D eigenvalue weighted by Crippen LogP contribution is -2.46. The van der Waals surface area contributed by atoms with Gasteiger partial charge in [0, 0.05) is 29.6 Å². The van der Waals surface area contributed by atoms with Crippen molar-refractivity contribution in [3.05, 3.63) is 40.2 Å². The second-order valence-corrected chi connectivity index (χ2v) is 7.17. The summed E-state index contributed by atoms with van der Waals surface area (Å²) in [6.45, 7) is 3.10. The molecule has 1 aliphatic rings. The summed E-state index contributed by atoms with van der Waals surface area (Å²) < 4.78 is 5.58. The molecule has 1 saturated carbocycles. The Morgan fingerprint density at radius 2 is 2.08 bits per heavy atom. The minimum atomic E-state index is -0.0543. The highest BCUT2D eigenvalue weighted by Gasteiger charge is 2.24. The van der Waals surface area contributed by atoms with Gasteiger partial charge in [0.2, 0.25) is 0 Å². The molecule has 2 N–H and O–H groups in total. The first kappa shape index (κ1) is 18.7. The molecule has 6 heteroatoms. The zero-order valence-electron chi connectivity index (χ0n) is 15.5. The number of rotatable bonds is 5. The molecule has 1 aromatic carbocycles. The highest BCUT2D eigenvalue weighted by atomic mass is 32.1. The lowest BCUT2D eigenvalue weighted by atomic mass is 9.94. The molecular weight excluding hydrogens is 346 g/mol. The maximum absolute atomic E-state index is 12.6. The van der Waals surface area contributed by atoms with Crippen molar-refractivity contribution in [3.63, 3.8) is 0 Å². The molecule has 1 aliphatic carbocycles. The molecular formula is C20H27N3O2S. The van der Waals surface area contributed by atoms with Crippen LogP contribution in [0.2, 0.25) is 0 Å². The minimum Gasteiger partial charge on any atom is -0.494 e. The van der Waals surface area contributed by atoms with Crippen molar-refractivity contribution in [2.45, 2.75) is 51.6 Å². The predicted octanol–water partition coefficient (Wildman–Crippen LogP) is 3.57. The maximum atomic E-state index is 12.6. The Bertz CT molecular complexity index is 827. The van der Waals surface area contributed by atoms with E-state index >= 15 is 0 Å². The molecule has 26 heavy (non-hydrogen) atoms. The Labute approximate surface area is 159 Å². The second-order valence-electron chi connectivity index (χ2n) is 6.78. The van der Waals surface area contributed by atoms with Crippen LogP contribution in [0, 0.1) is 0 Å². The number of H-pyrrole nitrogens is 1. The van der Waals surface area contributed by atoms with Crippen LogP contribution in [0.3, 0.4) is 0 Å². The Kier molecular flexibility index (Phi) is 6.14. The van der Waals surface area contributed by atoms with Crippen molar-refractivity contribution in [2.75, 3.05) is 13.7 Å². The van der Waals surface area contributed by atoms with E-state index in [2.05, 4.69) is 15.2 Å². The van der Waals surface area contributed by atoms with Gasteiger partial charge in [-0.2, -0.15) is 0 Å². The van der Waals surface area contributed by atoms with Crippen LogP contribution in [0.1, 0.15) is 44.6 Å². The molecule has 0 atom stereocenters. The molecule has 3 rings (SSSR count). The standard InChI is InChI=1S/C20H27N3O2S/c1-3-25-17-9-10-18-14(12-17)11-15(19(24)22-18)13-23(20(26)21-2)16-7-5-4-6-8-16/h9-12,16H,3-8,13H2,1-2H3,(H,21,26)(H,22,24). The van der Waals surface area contributed by atoms with Crippen LogP contribution in [0.5, 0.6) is 5.75 Å². The third kappa shape index (κ3) is 4.18. The van der Waals surface area contributed by atoms with E-state index in [0.29, 0.717) is 24.3 Å². The third-order valence-electron chi connectivity index (χ3n) is 5.03. The number of hydrogen-bond donors (Lipinski definition) is 2. The van der Waals surface area contributed by atoms with E-state index in [0.717, 1.165) is 35.1 Å². The van der Waals surface area contributed by atoms with Crippen molar-refractivity contribution in [1.82, 2.24) is 15.2 Å². The average molecular weight is 374 g/mol. The van der Waals surface area contributed by atoms with Crippen LogP contribution in [-0.4, -0.2) is 34.7 Å². The fourth-order valence-corrected chi connectivity index (χ4v) is 3.90. The quantitative estimate of drug-likeness (QED) is 0.785. The predicted molar refractivity (Wildman–Crippen MR) is 110 cm³/mol. The topological polar surface area (TPSA) is 57.4 Å². The fraction of sp³-hybridized carbons (Fsp3) is 0.500. The van der Waals surface area contributed by atoms with Gasteiger partial charge in [0.1, 0.15) is 5.75 Å². The zero-order valence-corrected chi connectivity index (χ0v) is 16.3. The van der Waals surface area contributed by atoms with Crippen molar-refractivity contribution < 1.29 is 4.74 Å². The molecule has 1 heterocycles. The van der Waals surface area contributed by atoms with E-state index in [1.54, 1.807) is 0 Å². The largest absolute Gasteiger partial charge is 0.494 e. The van der Waals surface area contributed by atoms with Crippen LogP contribution < -0.4 is 15.6 Å². The van der Waals surface area contributed by atoms with Crippen LogP contribution in [0.4, 0.5) is 0 Å². The van der Waals surface area contributed by atoms with Gasteiger partial charge in [-0.05, 0) is 56.2 Å². The van der Waals surface area contributed by atoms with Crippen molar-refractivity contribution in [3.8, 4) is 5.75 Å². The highest BCUT2D eigenvalue weighted by molar-refractivity contribution is 7.80. The Hall–Kier alpha value is -2.08. The number of ether oxygens (including phenoxy) is 1. The van der Waals surface area contributed by atoms with Gasteiger partial charge in [-0.25, -0.2) is 0 Å². The summed E-state index contributed by atoms with van der Waals surface area (Å²) >= 11 is 5.53. The number of hydrogen-bond acceptors (Lipinski definition) is 3. The third-order valence-corrected chi connectivity index (χ3v) is 5.47. The molecule has 0 saturated heterocycles. The van der Waals surface area contributed by atoms with E-state index < -0.39 is 0 Å². The fourth-order valence-electron chi connectivity index (χ4n) is 3.69. The van der Waals surface area contributed by atoms with Crippen molar-refractivity contribution >= 4 is 28.2 Å². The molecule has 5 nitrogen and oxygen atoms in total. The average Bonchev–Trinajstić information content (AvgIpc) is 2.67. The summed E-state index contributed by atoms with van der Waals surface area (Å²) in [6, 6.07) is 8.10. The lowest BCUT2D eigenvalue weighted by Gasteiger charge is -2.35. The van der Waals surface area contributed by atoms with Crippen LogP contribution in [-0.2, 0) is 6.54 Å². The Balaban J connectivity index is 1.92. The number of nitrogens with one attached hydrogen (secondary N) is 2. The summed E-state index contributed by atoms with van der Waals surface area (Å²) in [5.41, 5.74) is 1.50. The summed E-state index contributed by atoms with van der Waals surface area (Å²) in [7, 11) is 1.84. The first-order chi connectivity index (χ1) is 12.6. The normalized spacial score (nSPS) is 15.0. The summed E-state index contributed by atoms with van der Waals surface area (Å²) in [4.78, 5) is 17.8. The number of pyridine rings is 1. The van der Waals surface area contributed by atoms with Gasteiger partial charge in [-0.15, -0.1) is 0 Å². The van der Waals surface area contributed by atoms with Crippen LogP contribution in [0.15, 0.2) is 29.1 Å². The van der Waals surface area contributed by atoms with Gasteiger partial charge in [0.05, 0.1) is 13.2 Å². The molecule has 0 spiro atoms. The number of fused-ring (bicyclic) bond motifs is 1. The van der Waals surface area contributed by atoms with E-state index in [1.807, 2.05) is 38.2 Å². The molecule has 2 aromatic rings. The molecule has 0 radical (unpaired) electrons. The smallest absolute Gasteiger partial charge is 0.253 e. The van der Waals surface area contributed by atoms with E-state index in [9.17, 15) is 4.79 Å². The SMILES string of the molecule is CCOc1ccc2[nH]c(=O)c(CN(C(=S)NC)C3CCCCC3)cc2c1. The maximum Gasteiger partial charge on any atom is 0.253 e. The molecule has 0 amide bonds. The number of benzene rings is 1. The minimum absolute atomic E-state index is 0.0543. The highest BCUT2D eigenvalue weighted by Crippen LogP contribution is 2.25. The van der Waals surface area contributed by atoms with Gasteiger partial charge >= 0.3 is 0 Å². The van der Waals surface area contributed by atoms with Crippen molar-refractivity contribution in [1.29, 1.82) is 0 Å². The summed E-state index contributed by atoms with van der Waals surface area (Å²) in [6.07, 6.45) is 5.98. The van der Waals surface area contributed by atoms with E-state index in [1.165, 1.54) is 19.3 Å². The van der Waals surface area contributed by atoms with E-state index in [4.69, 9.17) is 17.0 Å².